The standard InChI is InChI=1S/C10H16N4O3/c1-4-7-9(10(16)17-3)12-13-14(7)6-8(15)11-5-2/h4-6H2,1-3H3,(H,11,15). The van der Waals surface area contributed by atoms with E-state index in [2.05, 4.69) is 20.4 Å². The van der Waals surface area contributed by atoms with Gasteiger partial charge in [-0.1, -0.05) is 12.1 Å². The second kappa shape index (κ2) is 5.97. The van der Waals surface area contributed by atoms with Gasteiger partial charge in [-0.2, -0.15) is 0 Å². The van der Waals surface area contributed by atoms with Crippen molar-refractivity contribution in [2.24, 2.45) is 0 Å². The highest BCUT2D eigenvalue weighted by Crippen LogP contribution is 2.07. The maximum Gasteiger partial charge on any atom is 0.360 e. The lowest BCUT2D eigenvalue weighted by atomic mass is 10.2. The molecule has 0 fully saturated rings. The Hall–Kier alpha value is -1.92. The molecule has 1 heterocycles. The van der Waals surface area contributed by atoms with Crippen molar-refractivity contribution in [3.8, 4) is 0 Å². The van der Waals surface area contributed by atoms with E-state index in [1.54, 1.807) is 0 Å². The Balaban J connectivity index is 2.90. The molecule has 0 unspecified atom stereocenters. The molecular weight excluding hydrogens is 224 g/mol. The predicted octanol–water partition coefficient (Wildman–Crippen LogP) is -0.237. The summed E-state index contributed by atoms with van der Waals surface area (Å²) in [4.78, 5) is 22.8. The van der Waals surface area contributed by atoms with Crippen LogP contribution in [0.3, 0.4) is 0 Å². The van der Waals surface area contributed by atoms with Gasteiger partial charge in [0.1, 0.15) is 6.54 Å². The number of esters is 1. The Morgan fingerprint density at radius 2 is 2.12 bits per heavy atom. The van der Waals surface area contributed by atoms with E-state index in [1.807, 2.05) is 13.8 Å². The minimum Gasteiger partial charge on any atom is -0.464 e. The Kier molecular flexibility index (Phi) is 4.62. The molecule has 7 nitrogen and oxygen atoms in total. The molecule has 0 bridgehead atoms. The number of hydrogen-bond donors (Lipinski definition) is 1. The zero-order valence-corrected chi connectivity index (χ0v) is 10.2. The second-order valence-corrected chi connectivity index (χ2v) is 3.34. The second-order valence-electron chi connectivity index (χ2n) is 3.34. The van der Waals surface area contributed by atoms with Crippen LogP contribution in [0.5, 0.6) is 0 Å². The van der Waals surface area contributed by atoms with Crippen LogP contribution in [0.4, 0.5) is 0 Å². The quantitative estimate of drug-likeness (QED) is 0.718. The lowest BCUT2D eigenvalue weighted by Crippen LogP contribution is -2.28. The highest BCUT2D eigenvalue weighted by Gasteiger charge is 2.19. The third kappa shape index (κ3) is 3.02. The number of hydrogen-bond acceptors (Lipinski definition) is 5. The van der Waals surface area contributed by atoms with Crippen LogP contribution < -0.4 is 5.32 Å². The average Bonchev–Trinajstić information content (AvgIpc) is 2.71. The topological polar surface area (TPSA) is 86.1 Å². The molecule has 1 aromatic heterocycles. The summed E-state index contributed by atoms with van der Waals surface area (Å²) in [6.45, 7) is 4.30. The van der Waals surface area contributed by atoms with Gasteiger partial charge in [-0.25, -0.2) is 9.48 Å². The Morgan fingerprint density at radius 1 is 1.41 bits per heavy atom. The van der Waals surface area contributed by atoms with Gasteiger partial charge in [0.05, 0.1) is 12.8 Å². The van der Waals surface area contributed by atoms with Crippen molar-refractivity contribution >= 4 is 11.9 Å². The van der Waals surface area contributed by atoms with Gasteiger partial charge in [0.2, 0.25) is 5.91 Å². The fourth-order valence-electron chi connectivity index (χ4n) is 1.45. The van der Waals surface area contributed by atoms with Crippen molar-refractivity contribution in [1.29, 1.82) is 0 Å². The summed E-state index contributed by atoms with van der Waals surface area (Å²) >= 11 is 0. The lowest BCUT2D eigenvalue weighted by molar-refractivity contribution is -0.121. The first kappa shape index (κ1) is 13.1. The van der Waals surface area contributed by atoms with Crippen molar-refractivity contribution in [1.82, 2.24) is 20.3 Å². The van der Waals surface area contributed by atoms with E-state index in [9.17, 15) is 9.59 Å². The molecule has 0 spiro atoms. The zero-order valence-electron chi connectivity index (χ0n) is 10.2. The zero-order chi connectivity index (χ0) is 12.8. The molecule has 7 heteroatoms. The number of nitrogens with one attached hydrogen (secondary N) is 1. The van der Waals surface area contributed by atoms with E-state index in [1.165, 1.54) is 11.8 Å². The Bertz CT molecular complexity index is 414. The molecule has 0 aliphatic heterocycles. The summed E-state index contributed by atoms with van der Waals surface area (Å²) in [5.74, 6) is -0.701. The first-order chi connectivity index (χ1) is 8.13. The SMILES string of the molecule is CCNC(=O)Cn1nnc(C(=O)OC)c1CC. The minimum atomic E-state index is -0.538. The molecule has 0 saturated carbocycles. The molecule has 1 rings (SSSR count). The number of nitrogens with zero attached hydrogens (tertiary/aromatic N) is 3. The van der Waals surface area contributed by atoms with Crippen molar-refractivity contribution in [2.75, 3.05) is 13.7 Å². The summed E-state index contributed by atoms with van der Waals surface area (Å²) in [6, 6.07) is 0. The minimum absolute atomic E-state index is 0.0566. The number of rotatable bonds is 5. The maximum absolute atomic E-state index is 11.4. The van der Waals surface area contributed by atoms with E-state index in [4.69, 9.17) is 0 Å². The van der Waals surface area contributed by atoms with Gasteiger partial charge in [0.15, 0.2) is 5.69 Å². The van der Waals surface area contributed by atoms with Crippen molar-refractivity contribution in [2.45, 2.75) is 26.8 Å². The van der Waals surface area contributed by atoms with Gasteiger partial charge in [-0.15, -0.1) is 5.10 Å². The van der Waals surface area contributed by atoms with E-state index in [-0.39, 0.29) is 18.1 Å². The van der Waals surface area contributed by atoms with Crippen LogP contribution in [0, 0.1) is 0 Å². The molecule has 17 heavy (non-hydrogen) atoms. The number of ether oxygens (including phenoxy) is 1. The normalized spacial score (nSPS) is 10.1. The van der Waals surface area contributed by atoms with Crippen molar-refractivity contribution in [3.63, 3.8) is 0 Å². The smallest absolute Gasteiger partial charge is 0.360 e. The largest absolute Gasteiger partial charge is 0.464 e. The predicted molar refractivity (Wildman–Crippen MR) is 59.4 cm³/mol. The summed E-state index contributed by atoms with van der Waals surface area (Å²) < 4.78 is 6.00. The monoisotopic (exact) mass is 240 g/mol. The fourth-order valence-corrected chi connectivity index (χ4v) is 1.45. The molecule has 0 saturated heterocycles. The van der Waals surface area contributed by atoms with Crippen LogP contribution in [0.1, 0.15) is 30.0 Å². The number of aromatic nitrogens is 3. The first-order valence-corrected chi connectivity index (χ1v) is 5.41. The number of methoxy groups -OCH3 is 1. The van der Waals surface area contributed by atoms with Crippen LogP contribution in [0.25, 0.3) is 0 Å². The summed E-state index contributed by atoms with van der Waals surface area (Å²) in [5, 5.41) is 10.2. The third-order valence-corrected chi connectivity index (χ3v) is 2.22. The third-order valence-electron chi connectivity index (χ3n) is 2.22. The van der Waals surface area contributed by atoms with Crippen molar-refractivity contribution < 1.29 is 14.3 Å². The molecule has 0 aliphatic carbocycles. The Morgan fingerprint density at radius 3 is 2.65 bits per heavy atom. The maximum atomic E-state index is 11.4. The van der Waals surface area contributed by atoms with Crippen LogP contribution in [-0.4, -0.2) is 40.5 Å². The number of likely N-dealkylation sites (N-methyl/N-ethyl adjacent to an activating group) is 1. The van der Waals surface area contributed by atoms with E-state index < -0.39 is 5.97 Å². The van der Waals surface area contributed by atoms with E-state index in [0.717, 1.165) is 0 Å². The van der Waals surface area contributed by atoms with E-state index >= 15 is 0 Å². The van der Waals surface area contributed by atoms with Gasteiger partial charge in [-0.05, 0) is 13.3 Å². The molecular formula is C10H16N4O3. The molecule has 1 aromatic rings. The highest BCUT2D eigenvalue weighted by molar-refractivity contribution is 5.88. The van der Waals surface area contributed by atoms with Crippen LogP contribution in [0.15, 0.2) is 0 Å². The lowest BCUT2D eigenvalue weighted by Gasteiger charge is -2.05. The summed E-state index contributed by atoms with van der Waals surface area (Å²) in [7, 11) is 1.28. The first-order valence-electron chi connectivity index (χ1n) is 5.41. The molecule has 0 aromatic carbocycles. The summed E-state index contributed by atoms with van der Waals surface area (Å²) in [6.07, 6.45) is 0.552. The van der Waals surface area contributed by atoms with Gasteiger partial charge < -0.3 is 10.1 Å². The molecule has 1 N–H and O–H groups in total. The Labute approximate surface area is 99.1 Å². The van der Waals surface area contributed by atoms with Gasteiger partial charge >= 0.3 is 5.97 Å². The molecule has 0 atom stereocenters. The van der Waals surface area contributed by atoms with Gasteiger partial charge in [-0.3, -0.25) is 4.79 Å². The molecule has 94 valence electrons. The van der Waals surface area contributed by atoms with Gasteiger partial charge in [0.25, 0.3) is 0 Å². The van der Waals surface area contributed by atoms with Crippen LogP contribution in [-0.2, 0) is 22.5 Å². The number of amides is 1. The summed E-state index contributed by atoms with van der Waals surface area (Å²) in [5.41, 5.74) is 0.766. The van der Waals surface area contributed by atoms with Crippen molar-refractivity contribution in [3.05, 3.63) is 11.4 Å². The van der Waals surface area contributed by atoms with Gasteiger partial charge in [0, 0.05) is 6.54 Å². The number of carbonyl (C=O) groups is 2. The number of carbonyl (C=O) groups excluding carboxylic acids is 2. The fraction of sp³-hybridized carbons (Fsp3) is 0.600. The average molecular weight is 240 g/mol. The molecule has 0 radical (unpaired) electrons. The molecule has 0 aliphatic rings. The van der Waals surface area contributed by atoms with Crippen LogP contribution >= 0.6 is 0 Å². The highest BCUT2D eigenvalue weighted by atomic mass is 16.5. The van der Waals surface area contributed by atoms with Crippen LogP contribution in [0.2, 0.25) is 0 Å². The van der Waals surface area contributed by atoms with E-state index in [0.29, 0.717) is 18.7 Å². The molecule has 1 amide bonds.